The van der Waals surface area contributed by atoms with Crippen LogP contribution in [0.3, 0.4) is 0 Å². The molecule has 0 bridgehead atoms. The lowest BCUT2D eigenvalue weighted by molar-refractivity contribution is -0.123. The molecule has 1 unspecified atom stereocenters. The van der Waals surface area contributed by atoms with Crippen LogP contribution in [0.2, 0.25) is 0 Å². The van der Waals surface area contributed by atoms with Crippen molar-refractivity contribution in [3.8, 4) is 34.1 Å². The van der Waals surface area contributed by atoms with E-state index in [9.17, 15) is 9.59 Å². The zero-order chi connectivity index (χ0) is 23.5. The van der Waals surface area contributed by atoms with Crippen LogP contribution in [0.4, 0.5) is 11.5 Å². The van der Waals surface area contributed by atoms with E-state index < -0.39 is 6.04 Å². The molecule has 2 amide bonds. The Kier molecular flexibility index (Phi) is 6.07. The Morgan fingerprint density at radius 2 is 1.76 bits per heavy atom. The monoisotopic (exact) mass is 452 g/mol. The van der Waals surface area contributed by atoms with Gasteiger partial charge in [0.2, 0.25) is 5.91 Å². The molecule has 3 aromatic rings. The van der Waals surface area contributed by atoms with E-state index >= 15 is 0 Å². The summed E-state index contributed by atoms with van der Waals surface area (Å²) in [5.74, 6) is 2.07. The van der Waals surface area contributed by atoms with Crippen molar-refractivity contribution in [1.82, 2.24) is 9.78 Å². The van der Waals surface area contributed by atoms with Crippen LogP contribution in [0.15, 0.2) is 42.6 Å². The number of hydrogen-bond acceptors (Lipinski definition) is 7. The Morgan fingerprint density at radius 3 is 2.45 bits per heavy atom. The van der Waals surface area contributed by atoms with E-state index in [1.165, 1.54) is 11.8 Å². The summed E-state index contributed by atoms with van der Waals surface area (Å²) in [6.45, 7) is 0. The maximum Gasteiger partial charge on any atom is 0.251 e. The first-order chi connectivity index (χ1) is 16.0. The first-order valence-electron chi connectivity index (χ1n) is 10.1. The number of hydrogen-bond donors (Lipinski definition) is 2. The molecule has 1 atom stereocenters. The van der Waals surface area contributed by atoms with Crippen molar-refractivity contribution in [2.75, 3.05) is 39.1 Å². The van der Waals surface area contributed by atoms with Gasteiger partial charge in [0.25, 0.3) is 5.91 Å². The number of fused-ring (bicyclic) bond motifs is 1. The first kappa shape index (κ1) is 22.0. The van der Waals surface area contributed by atoms with E-state index in [1.807, 2.05) is 6.07 Å². The molecule has 0 aliphatic carbocycles. The molecular formula is C23H24N4O6. The molecule has 2 heterocycles. The van der Waals surface area contributed by atoms with Gasteiger partial charge in [-0.25, -0.2) is 4.68 Å². The molecular weight excluding hydrogens is 428 g/mol. The molecule has 2 N–H and O–H groups in total. The quantitative estimate of drug-likeness (QED) is 0.540. The summed E-state index contributed by atoms with van der Waals surface area (Å²) >= 11 is 0. The number of nitrogens with one attached hydrogen (secondary N) is 2. The lowest BCUT2D eigenvalue weighted by atomic mass is 10.1. The number of rotatable bonds is 8. The fraction of sp³-hybridized carbons (Fsp3) is 0.261. The normalized spacial score (nSPS) is 14.3. The summed E-state index contributed by atoms with van der Waals surface area (Å²) in [4.78, 5) is 25.4. The van der Waals surface area contributed by atoms with Gasteiger partial charge in [0.1, 0.15) is 23.4 Å². The molecule has 33 heavy (non-hydrogen) atoms. The fourth-order valence-electron chi connectivity index (χ4n) is 3.71. The predicted molar refractivity (Wildman–Crippen MR) is 121 cm³/mol. The van der Waals surface area contributed by atoms with Crippen molar-refractivity contribution in [1.29, 1.82) is 0 Å². The molecule has 0 fully saturated rings. The smallest absolute Gasteiger partial charge is 0.251 e. The summed E-state index contributed by atoms with van der Waals surface area (Å²) < 4.78 is 22.7. The Labute approximate surface area is 190 Å². The molecule has 1 aliphatic heterocycles. The summed E-state index contributed by atoms with van der Waals surface area (Å²) in [5.41, 5.74) is 1.99. The number of carbonyl (C=O) groups is 2. The molecule has 0 radical (unpaired) electrons. The van der Waals surface area contributed by atoms with Crippen LogP contribution in [0, 0.1) is 0 Å². The molecule has 2 aromatic carbocycles. The van der Waals surface area contributed by atoms with E-state index in [2.05, 4.69) is 15.7 Å². The van der Waals surface area contributed by atoms with E-state index in [-0.39, 0.29) is 18.2 Å². The number of nitrogens with zero attached hydrogens (tertiary/aromatic N) is 2. The van der Waals surface area contributed by atoms with Gasteiger partial charge in [-0.15, -0.1) is 0 Å². The highest BCUT2D eigenvalue weighted by molar-refractivity contribution is 6.04. The molecule has 10 heteroatoms. The molecule has 4 rings (SSSR count). The van der Waals surface area contributed by atoms with Gasteiger partial charge in [0, 0.05) is 11.6 Å². The molecule has 0 saturated carbocycles. The van der Waals surface area contributed by atoms with Crippen LogP contribution < -0.4 is 29.6 Å². The highest BCUT2D eigenvalue weighted by Crippen LogP contribution is 2.39. The number of benzene rings is 2. The summed E-state index contributed by atoms with van der Waals surface area (Å²) in [7, 11) is 6.16. The second-order valence-electron chi connectivity index (χ2n) is 7.24. The van der Waals surface area contributed by atoms with Crippen molar-refractivity contribution in [3.05, 3.63) is 42.6 Å². The average Bonchev–Trinajstić information content (AvgIpc) is 3.37. The molecule has 1 aliphatic rings. The second-order valence-corrected chi connectivity index (χ2v) is 7.24. The van der Waals surface area contributed by atoms with Gasteiger partial charge in [-0.3, -0.25) is 9.59 Å². The largest absolute Gasteiger partial charge is 0.497 e. The number of ether oxygens (including phenoxy) is 4. The second kappa shape index (κ2) is 9.11. The molecule has 10 nitrogen and oxygen atoms in total. The zero-order valence-electron chi connectivity index (χ0n) is 18.7. The molecule has 0 saturated heterocycles. The SMILES string of the molecule is COc1ccc(NC(=O)CC2C(=O)Nc3c(-c4ccc(OC)c(OC)c4)cnn32)c(OC)c1. The van der Waals surface area contributed by atoms with E-state index in [1.54, 1.807) is 57.9 Å². The Morgan fingerprint density at radius 1 is 1.00 bits per heavy atom. The van der Waals surface area contributed by atoms with Gasteiger partial charge in [0.15, 0.2) is 11.5 Å². The third-order valence-electron chi connectivity index (χ3n) is 5.39. The lowest BCUT2D eigenvalue weighted by Gasteiger charge is -2.13. The van der Waals surface area contributed by atoms with E-state index in [0.717, 1.165) is 5.56 Å². The van der Waals surface area contributed by atoms with Crippen LogP contribution in [0.1, 0.15) is 12.5 Å². The van der Waals surface area contributed by atoms with Gasteiger partial charge in [0.05, 0.1) is 46.7 Å². The highest BCUT2D eigenvalue weighted by atomic mass is 16.5. The number of carbonyl (C=O) groups excluding carboxylic acids is 2. The third kappa shape index (κ3) is 4.14. The number of methoxy groups -OCH3 is 4. The van der Waals surface area contributed by atoms with E-state index in [4.69, 9.17) is 18.9 Å². The number of amides is 2. The Balaban J connectivity index is 1.54. The minimum Gasteiger partial charge on any atom is -0.497 e. The van der Waals surface area contributed by atoms with Crippen molar-refractivity contribution >= 4 is 23.3 Å². The van der Waals surface area contributed by atoms with E-state index in [0.29, 0.717) is 40.1 Å². The van der Waals surface area contributed by atoms with Crippen molar-refractivity contribution < 1.29 is 28.5 Å². The van der Waals surface area contributed by atoms with Crippen molar-refractivity contribution in [2.24, 2.45) is 0 Å². The average molecular weight is 452 g/mol. The van der Waals surface area contributed by atoms with Crippen molar-refractivity contribution in [3.63, 3.8) is 0 Å². The predicted octanol–water partition coefficient (Wildman–Crippen LogP) is 3.11. The highest BCUT2D eigenvalue weighted by Gasteiger charge is 2.35. The van der Waals surface area contributed by atoms with Gasteiger partial charge in [-0.2, -0.15) is 5.10 Å². The molecule has 0 spiro atoms. The zero-order valence-corrected chi connectivity index (χ0v) is 18.7. The maximum atomic E-state index is 12.7. The number of anilines is 2. The van der Waals surface area contributed by atoms with Gasteiger partial charge in [-0.1, -0.05) is 6.07 Å². The summed E-state index contributed by atoms with van der Waals surface area (Å²) in [6, 6.07) is 9.71. The van der Waals surface area contributed by atoms with Gasteiger partial charge >= 0.3 is 0 Å². The third-order valence-corrected chi connectivity index (χ3v) is 5.39. The summed E-state index contributed by atoms with van der Waals surface area (Å²) in [5, 5.41) is 9.98. The molecule has 1 aromatic heterocycles. The van der Waals surface area contributed by atoms with Crippen LogP contribution >= 0.6 is 0 Å². The van der Waals surface area contributed by atoms with Crippen LogP contribution in [-0.4, -0.2) is 50.0 Å². The molecule has 172 valence electrons. The van der Waals surface area contributed by atoms with Gasteiger partial charge < -0.3 is 29.6 Å². The fourth-order valence-corrected chi connectivity index (χ4v) is 3.71. The maximum absolute atomic E-state index is 12.7. The summed E-state index contributed by atoms with van der Waals surface area (Å²) in [6.07, 6.45) is 1.55. The minimum absolute atomic E-state index is 0.0962. The standard InChI is InChI=1S/C23H24N4O6/c1-30-14-6-7-16(19(10-14)32-3)25-21(28)11-17-23(29)26-22-15(12-24-27(17)22)13-5-8-18(31-2)20(9-13)33-4/h5-10,12,17H,11H2,1-4H3,(H,25,28)(H,26,29). The topological polar surface area (TPSA) is 113 Å². The lowest BCUT2D eigenvalue weighted by Crippen LogP contribution is -2.23. The van der Waals surface area contributed by atoms with Crippen LogP contribution in [0.5, 0.6) is 23.0 Å². The van der Waals surface area contributed by atoms with Crippen LogP contribution in [0.25, 0.3) is 11.1 Å². The first-order valence-corrected chi connectivity index (χ1v) is 10.1. The van der Waals surface area contributed by atoms with Gasteiger partial charge in [-0.05, 0) is 29.8 Å². The Bertz CT molecular complexity index is 1210. The van der Waals surface area contributed by atoms with Crippen molar-refractivity contribution in [2.45, 2.75) is 12.5 Å². The Hall–Kier alpha value is -4.21. The minimum atomic E-state index is -0.780. The van der Waals surface area contributed by atoms with Crippen LogP contribution in [-0.2, 0) is 9.59 Å². The number of aromatic nitrogens is 2.